The highest BCUT2D eigenvalue weighted by atomic mass is 35.5. The van der Waals surface area contributed by atoms with E-state index < -0.39 is 0 Å². The summed E-state index contributed by atoms with van der Waals surface area (Å²) in [5, 5.41) is 13.2. The molecular weight excluding hydrogens is 427 g/mol. The van der Waals surface area contributed by atoms with Gasteiger partial charge in [0.15, 0.2) is 0 Å². The molecule has 0 saturated heterocycles. The molecule has 4 nitrogen and oxygen atoms in total. The van der Waals surface area contributed by atoms with Crippen molar-refractivity contribution in [2.24, 2.45) is 0 Å². The Labute approximate surface area is 183 Å². The predicted molar refractivity (Wildman–Crippen MR) is 120 cm³/mol. The van der Waals surface area contributed by atoms with Crippen LogP contribution in [0, 0.1) is 11.3 Å². The lowest BCUT2D eigenvalue weighted by molar-refractivity contribution is 0.322. The van der Waals surface area contributed by atoms with Gasteiger partial charge < -0.3 is 9.47 Å². The maximum atomic E-state index is 9.71. The molecular formula is C22H18Cl2N2O2S. The summed E-state index contributed by atoms with van der Waals surface area (Å²) in [6.07, 6.45) is 1.78. The molecule has 0 radical (unpaired) electrons. The third kappa shape index (κ3) is 5.10. The van der Waals surface area contributed by atoms with E-state index in [0.29, 0.717) is 39.6 Å². The second-order valence-corrected chi connectivity index (χ2v) is 7.57. The third-order valence-electron chi connectivity index (χ3n) is 3.97. The van der Waals surface area contributed by atoms with Crippen molar-refractivity contribution in [1.29, 1.82) is 5.26 Å². The number of halogens is 2. The summed E-state index contributed by atoms with van der Waals surface area (Å²) in [6, 6.07) is 13.1. The van der Waals surface area contributed by atoms with Crippen LogP contribution < -0.4 is 9.47 Å². The van der Waals surface area contributed by atoms with Crippen molar-refractivity contribution in [2.75, 3.05) is 13.2 Å². The molecule has 0 atom stereocenters. The van der Waals surface area contributed by atoms with E-state index >= 15 is 0 Å². The van der Waals surface area contributed by atoms with Crippen LogP contribution in [0.4, 0.5) is 0 Å². The highest BCUT2D eigenvalue weighted by Gasteiger charge is 2.12. The zero-order chi connectivity index (χ0) is 20.8. The smallest absolute Gasteiger partial charge is 0.134 e. The monoisotopic (exact) mass is 444 g/mol. The van der Waals surface area contributed by atoms with Gasteiger partial charge >= 0.3 is 0 Å². The summed E-state index contributed by atoms with van der Waals surface area (Å²) >= 11 is 13.5. The van der Waals surface area contributed by atoms with E-state index in [1.165, 1.54) is 11.3 Å². The van der Waals surface area contributed by atoms with E-state index in [0.717, 1.165) is 22.6 Å². The van der Waals surface area contributed by atoms with Crippen LogP contribution in [0.5, 0.6) is 11.5 Å². The van der Waals surface area contributed by atoms with Crippen LogP contribution in [-0.2, 0) is 0 Å². The van der Waals surface area contributed by atoms with Gasteiger partial charge in [0.25, 0.3) is 0 Å². The Balaban J connectivity index is 1.96. The van der Waals surface area contributed by atoms with Gasteiger partial charge in [-0.2, -0.15) is 5.26 Å². The fourth-order valence-corrected chi connectivity index (χ4v) is 3.75. The summed E-state index contributed by atoms with van der Waals surface area (Å²) in [4.78, 5) is 4.60. The van der Waals surface area contributed by atoms with Crippen molar-refractivity contribution in [2.45, 2.75) is 13.8 Å². The Morgan fingerprint density at radius 2 is 1.90 bits per heavy atom. The van der Waals surface area contributed by atoms with E-state index in [4.69, 9.17) is 32.7 Å². The van der Waals surface area contributed by atoms with Crippen LogP contribution in [0.2, 0.25) is 10.0 Å². The molecule has 0 unspecified atom stereocenters. The minimum absolute atomic E-state index is 0.450. The minimum atomic E-state index is 0.450. The van der Waals surface area contributed by atoms with E-state index in [1.807, 2.05) is 43.5 Å². The largest absolute Gasteiger partial charge is 0.494 e. The van der Waals surface area contributed by atoms with Gasteiger partial charge in [-0.15, -0.1) is 11.3 Å². The fraction of sp³-hybridized carbons (Fsp3) is 0.182. The predicted octanol–water partition coefficient (Wildman–Crippen LogP) is 6.98. The molecule has 0 amide bonds. The number of aromatic nitrogens is 1. The molecule has 1 heterocycles. The zero-order valence-corrected chi connectivity index (χ0v) is 18.2. The lowest BCUT2D eigenvalue weighted by atomic mass is 10.1. The van der Waals surface area contributed by atoms with Crippen LogP contribution in [-0.4, -0.2) is 18.2 Å². The quantitative estimate of drug-likeness (QED) is 0.368. The highest BCUT2D eigenvalue weighted by molar-refractivity contribution is 7.11. The zero-order valence-electron chi connectivity index (χ0n) is 15.9. The first kappa shape index (κ1) is 21.2. The van der Waals surface area contributed by atoms with Crippen LogP contribution in [0.1, 0.15) is 24.4 Å². The average Bonchev–Trinajstić information content (AvgIpc) is 3.20. The molecule has 0 N–H and O–H groups in total. The number of nitriles is 1. The Hall–Kier alpha value is -2.52. The molecule has 148 valence electrons. The molecule has 29 heavy (non-hydrogen) atoms. The van der Waals surface area contributed by atoms with Gasteiger partial charge in [-0.3, -0.25) is 0 Å². The molecule has 2 aromatic carbocycles. The number of nitrogens with zero attached hydrogens (tertiary/aromatic N) is 2. The van der Waals surface area contributed by atoms with Gasteiger partial charge in [-0.25, -0.2) is 4.98 Å². The molecule has 1 aromatic heterocycles. The van der Waals surface area contributed by atoms with E-state index in [2.05, 4.69) is 11.1 Å². The molecule has 0 aliphatic heterocycles. The molecule has 3 rings (SSSR count). The molecule has 7 heteroatoms. The molecule has 0 saturated carbocycles. The van der Waals surface area contributed by atoms with Crippen molar-refractivity contribution in [3.05, 3.63) is 62.4 Å². The van der Waals surface area contributed by atoms with Gasteiger partial charge in [0.2, 0.25) is 0 Å². The van der Waals surface area contributed by atoms with E-state index in [-0.39, 0.29) is 0 Å². The maximum absolute atomic E-state index is 9.71. The number of hydrogen-bond donors (Lipinski definition) is 0. The molecule has 0 aliphatic rings. The minimum Gasteiger partial charge on any atom is -0.494 e. The highest BCUT2D eigenvalue weighted by Crippen LogP contribution is 2.33. The Morgan fingerprint density at radius 1 is 1.10 bits per heavy atom. The number of benzene rings is 2. The standard InChI is InChI=1S/C22H18Cl2N2O2S/c1-3-27-17-7-5-15(21(11-17)28-4-2)9-16(12-25)22-26-20(13-29-22)14-6-8-18(23)19(24)10-14/h5-11,13H,3-4H2,1-2H3. The topological polar surface area (TPSA) is 55.1 Å². The lowest BCUT2D eigenvalue weighted by Gasteiger charge is -2.10. The SMILES string of the molecule is CCOc1ccc(C=C(C#N)c2nc(-c3ccc(Cl)c(Cl)c3)cs2)c(OCC)c1. The van der Waals surface area contributed by atoms with E-state index in [9.17, 15) is 5.26 Å². The maximum Gasteiger partial charge on any atom is 0.134 e. The van der Waals surface area contributed by atoms with E-state index in [1.54, 1.807) is 18.2 Å². The van der Waals surface area contributed by atoms with Gasteiger partial charge in [0.1, 0.15) is 22.6 Å². The van der Waals surface area contributed by atoms with Crippen LogP contribution in [0.15, 0.2) is 41.8 Å². The number of thiazole rings is 1. The Kier molecular flexibility index (Phi) is 7.16. The Bertz CT molecular complexity index is 1090. The first-order valence-corrected chi connectivity index (χ1v) is 10.6. The summed E-state index contributed by atoms with van der Waals surface area (Å²) in [7, 11) is 0. The number of hydrogen-bond acceptors (Lipinski definition) is 5. The first-order valence-electron chi connectivity index (χ1n) is 8.98. The summed E-state index contributed by atoms with van der Waals surface area (Å²) in [6.45, 7) is 4.92. The lowest BCUT2D eigenvalue weighted by Crippen LogP contribution is -1.97. The number of ether oxygens (including phenoxy) is 2. The second-order valence-electron chi connectivity index (χ2n) is 5.90. The first-order chi connectivity index (χ1) is 14.0. The van der Waals surface area contributed by atoms with Crippen molar-refractivity contribution in [3.8, 4) is 28.8 Å². The molecule has 3 aromatic rings. The normalized spacial score (nSPS) is 11.2. The van der Waals surface area contributed by atoms with Crippen LogP contribution in [0.25, 0.3) is 22.9 Å². The molecule has 0 bridgehead atoms. The van der Waals surface area contributed by atoms with Crippen molar-refractivity contribution in [3.63, 3.8) is 0 Å². The summed E-state index contributed by atoms with van der Waals surface area (Å²) in [5.41, 5.74) is 2.82. The van der Waals surface area contributed by atoms with Crippen molar-refractivity contribution >= 4 is 46.2 Å². The van der Waals surface area contributed by atoms with Gasteiger partial charge in [0.05, 0.1) is 34.5 Å². The van der Waals surface area contributed by atoms with Crippen LogP contribution >= 0.6 is 34.5 Å². The average molecular weight is 445 g/mol. The van der Waals surface area contributed by atoms with Gasteiger partial charge in [-0.1, -0.05) is 29.3 Å². The molecule has 0 fully saturated rings. The fourth-order valence-electron chi connectivity index (χ4n) is 2.65. The molecule has 0 aliphatic carbocycles. The number of rotatable bonds is 7. The Morgan fingerprint density at radius 3 is 2.59 bits per heavy atom. The summed E-state index contributed by atoms with van der Waals surface area (Å²) < 4.78 is 11.3. The van der Waals surface area contributed by atoms with Gasteiger partial charge in [0, 0.05) is 22.6 Å². The third-order valence-corrected chi connectivity index (χ3v) is 5.58. The van der Waals surface area contributed by atoms with Crippen molar-refractivity contribution in [1.82, 2.24) is 4.98 Å². The van der Waals surface area contributed by atoms with Crippen LogP contribution in [0.3, 0.4) is 0 Å². The van der Waals surface area contributed by atoms with Crippen molar-refractivity contribution < 1.29 is 9.47 Å². The van der Waals surface area contributed by atoms with Gasteiger partial charge in [-0.05, 0) is 44.2 Å². The summed E-state index contributed by atoms with van der Waals surface area (Å²) in [5.74, 6) is 1.38. The second kappa shape index (κ2) is 9.80. The number of allylic oxidation sites excluding steroid dienone is 1. The molecule has 0 spiro atoms.